The van der Waals surface area contributed by atoms with E-state index in [2.05, 4.69) is 10.1 Å². The van der Waals surface area contributed by atoms with E-state index in [1.54, 1.807) is 30.3 Å². The van der Waals surface area contributed by atoms with Crippen LogP contribution in [-0.2, 0) is 0 Å². The Hall–Kier alpha value is -2.15. The van der Waals surface area contributed by atoms with Crippen molar-refractivity contribution in [3.63, 3.8) is 0 Å². The smallest absolute Gasteiger partial charge is 0.283 e. The van der Waals surface area contributed by atoms with Crippen LogP contribution in [0.1, 0.15) is 18.0 Å². The third-order valence-electron chi connectivity index (χ3n) is 3.67. The minimum absolute atomic E-state index is 0.190. The molecule has 126 valence electrons. The van der Waals surface area contributed by atoms with Crippen LogP contribution in [0, 0.1) is 0 Å². The fourth-order valence-electron chi connectivity index (χ4n) is 2.44. The van der Waals surface area contributed by atoms with E-state index in [4.69, 9.17) is 27.9 Å². The summed E-state index contributed by atoms with van der Waals surface area (Å²) in [4.78, 5) is 17.6. The molecular weight excluding hydrogens is 381 g/mol. The molecule has 0 spiro atoms. The van der Waals surface area contributed by atoms with Crippen LogP contribution >= 0.6 is 34.5 Å². The number of aromatic nitrogens is 3. The average Bonchev–Trinajstić information content (AvgIpc) is 3.03. The Bertz CT molecular complexity index is 1160. The average molecular weight is 392 g/mol. The lowest BCUT2D eigenvalue weighted by Gasteiger charge is -2.12. The molecule has 0 radical (unpaired) electrons. The van der Waals surface area contributed by atoms with Gasteiger partial charge in [0.05, 0.1) is 20.9 Å². The van der Waals surface area contributed by atoms with Gasteiger partial charge in [-0.3, -0.25) is 4.79 Å². The third kappa shape index (κ3) is 2.97. The van der Waals surface area contributed by atoms with Crippen LogP contribution in [0.2, 0.25) is 10.0 Å². The number of nitrogens with zero attached hydrogens (tertiary/aromatic N) is 3. The number of rotatable bonds is 3. The molecule has 0 aliphatic heterocycles. The van der Waals surface area contributed by atoms with E-state index in [-0.39, 0.29) is 11.7 Å². The van der Waals surface area contributed by atoms with Gasteiger partial charge in [-0.1, -0.05) is 46.7 Å². The van der Waals surface area contributed by atoms with Crippen molar-refractivity contribution in [3.05, 3.63) is 67.9 Å². The Kier molecular flexibility index (Phi) is 4.11. The highest BCUT2D eigenvalue weighted by molar-refractivity contribution is 7.16. The summed E-state index contributed by atoms with van der Waals surface area (Å²) in [5, 5.41) is 6.43. The fourth-order valence-corrected chi connectivity index (χ4v) is 3.60. The Labute approximate surface area is 156 Å². The highest BCUT2D eigenvalue weighted by Crippen LogP contribution is 2.30. The van der Waals surface area contributed by atoms with Gasteiger partial charge in [0.2, 0.25) is 4.96 Å². The fraction of sp³-hybridized carbons (Fsp3) is 0.118. The highest BCUT2D eigenvalue weighted by Gasteiger charge is 2.17. The number of hydrogen-bond donors (Lipinski definition) is 0. The molecule has 25 heavy (non-hydrogen) atoms. The van der Waals surface area contributed by atoms with Crippen molar-refractivity contribution in [1.29, 1.82) is 0 Å². The number of fused-ring (bicyclic) bond motifs is 2. The standard InChI is InChI=1S/C17H11Cl2N3O2S/c1-9(24-10-6-7-12(18)13(19)8-10)15-21-22-16(23)11-4-2-3-5-14(11)20-17(22)25-15/h2-9H,1H3/t9-/m0/s1. The quantitative estimate of drug-likeness (QED) is 0.505. The molecule has 2 aromatic carbocycles. The van der Waals surface area contributed by atoms with Crippen molar-refractivity contribution in [2.75, 3.05) is 0 Å². The molecule has 0 aliphatic rings. The van der Waals surface area contributed by atoms with E-state index in [1.165, 1.54) is 15.9 Å². The molecule has 1 atom stereocenters. The molecule has 0 N–H and O–H groups in total. The molecule has 0 unspecified atom stereocenters. The van der Waals surface area contributed by atoms with Crippen LogP contribution in [0.25, 0.3) is 15.9 Å². The predicted octanol–water partition coefficient (Wildman–Crippen LogP) is 4.75. The SMILES string of the molecule is C[C@H](Oc1ccc(Cl)c(Cl)c1)c1nn2c(=O)c3ccccc3nc2s1. The van der Waals surface area contributed by atoms with E-state index < -0.39 is 0 Å². The van der Waals surface area contributed by atoms with Crippen molar-refractivity contribution in [3.8, 4) is 5.75 Å². The highest BCUT2D eigenvalue weighted by atomic mass is 35.5. The summed E-state index contributed by atoms with van der Waals surface area (Å²) < 4.78 is 7.18. The van der Waals surface area contributed by atoms with Gasteiger partial charge in [0, 0.05) is 6.07 Å². The molecule has 2 aromatic heterocycles. The Morgan fingerprint density at radius 3 is 2.76 bits per heavy atom. The van der Waals surface area contributed by atoms with E-state index in [0.717, 1.165) is 0 Å². The maximum absolute atomic E-state index is 12.6. The molecule has 8 heteroatoms. The number of halogens is 2. The Morgan fingerprint density at radius 2 is 1.96 bits per heavy atom. The van der Waals surface area contributed by atoms with Gasteiger partial charge in [0.1, 0.15) is 11.9 Å². The summed E-state index contributed by atoms with van der Waals surface area (Å²) in [6.07, 6.45) is -0.369. The molecule has 0 bridgehead atoms. The summed E-state index contributed by atoms with van der Waals surface area (Å²) in [5.74, 6) is 0.576. The van der Waals surface area contributed by atoms with Crippen molar-refractivity contribution >= 4 is 50.4 Å². The first-order valence-corrected chi connectivity index (χ1v) is 9.00. The van der Waals surface area contributed by atoms with Crippen molar-refractivity contribution < 1.29 is 4.74 Å². The predicted molar refractivity (Wildman–Crippen MR) is 100 cm³/mol. The van der Waals surface area contributed by atoms with Crippen LogP contribution in [0.5, 0.6) is 5.75 Å². The molecule has 2 heterocycles. The van der Waals surface area contributed by atoms with Gasteiger partial charge in [-0.25, -0.2) is 4.98 Å². The zero-order chi connectivity index (χ0) is 17.6. The molecule has 4 aromatic rings. The minimum Gasteiger partial charge on any atom is -0.483 e. The molecule has 4 rings (SSSR count). The first-order valence-electron chi connectivity index (χ1n) is 7.43. The second kappa shape index (κ2) is 6.29. The maximum atomic E-state index is 12.6. The van der Waals surface area contributed by atoms with Gasteiger partial charge >= 0.3 is 0 Å². The largest absolute Gasteiger partial charge is 0.483 e. The third-order valence-corrected chi connectivity index (χ3v) is 5.48. The number of para-hydroxylation sites is 1. The zero-order valence-electron chi connectivity index (χ0n) is 12.9. The summed E-state index contributed by atoms with van der Waals surface area (Å²) in [6.45, 7) is 1.85. The molecule has 0 fully saturated rings. The van der Waals surface area contributed by atoms with Crippen LogP contribution in [-0.4, -0.2) is 14.6 Å². The van der Waals surface area contributed by atoms with Crippen LogP contribution in [0.15, 0.2) is 47.3 Å². The molecule has 0 saturated carbocycles. The summed E-state index contributed by atoms with van der Waals surface area (Å²) in [6, 6.07) is 12.3. The van der Waals surface area contributed by atoms with E-state index in [0.29, 0.717) is 36.7 Å². The van der Waals surface area contributed by atoms with Gasteiger partial charge in [-0.2, -0.15) is 9.61 Å². The van der Waals surface area contributed by atoms with E-state index in [9.17, 15) is 4.79 Å². The van der Waals surface area contributed by atoms with Crippen molar-refractivity contribution in [2.45, 2.75) is 13.0 Å². The Balaban J connectivity index is 1.73. The molecule has 5 nitrogen and oxygen atoms in total. The van der Waals surface area contributed by atoms with Crippen molar-refractivity contribution in [1.82, 2.24) is 14.6 Å². The normalized spacial score (nSPS) is 12.6. The molecule has 0 amide bonds. The zero-order valence-corrected chi connectivity index (χ0v) is 15.3. The Morgan fingerprint density at radius 1 is 1.16 bits per heavy atom. The van der Waals surface area contributed by atoms with E-state index in [1.807, 2.05) is 19.1 Å². The minimum atomic E-state index is -0.369. The molecule has 0 aliphatic carbocycles. The maximum Gasteiger partial charge on any atom is 0.283 e. The van der Waals surface area contributed by atoms with Gasteiger partial charge in [-0.05, 0) is 31.2 Å². The van der Waals surface area contributed by atoms with Crippen LogP contribution in [0.4, 0.5) is 0 Å². The lowest BCUT2D eigenvalue weighted by molar-refractivity contribution is 0.225. The van der Waals surface area contributed by atoms with Gasteiger partial charge < -0.3 is 4.74 Å². The second-order valence-corrected chi connectivity index (χ2v) is 7.21. The van der Waals surface area contributed by atoms with Crippen molar-refractivity contribution in [2.24, 2.45) is 0 Å². The topological polar surface area (TPSA) is 56.5 Å². The summed E-state index contributed by atoms with van der Waals surface area (Å²) in [5.41, 5.74) is 0.464. The monoisotopic (exact) mass is 391 g/mol. The summed E-state index contributed by atoms with van der Waals surface area (Å²) >= 11 is 13.2. The van der Waals surface area contributed by atoms with Crippen LogP contribution in [0.3, 0.4) is 0 Å². The van der Waals surface area contributed by atoms with Gasteiger partial charge in [0.15, 0.2) is 5.01 Å². The first kappa shape index (κ1) is 16.3. The number of ether oxygens (including phenoxy) is 1. The van der Waals surface area contributed by atoms with Gasteiger partial charge in [0.25, 0.3) is 5.56 Å². The summed E-state index contributed by atoms with van der Waals surface area (Å²) in [7, 11) is 0. The molecule has 0 saturated heterocycles. The molecular formula is C17H11Cl2N3O2S. The second-order valence-electron chi connectivity index (χ2n) is 5.40. The number of benzene rings is 2. The lowest BCUT2D eigenvalue weighted by Crippen LogP contribution is -2.15. The van der Waals surface area contributed by atoms with Gasteiger partial charge in [-0.15, -0.1) is 0 Å². The van der Waals surface area contributed by atoms with E-state index >= 15 is 0 Å². The lowest BCUT2D eigenvalue weighted by atomic mass is 10.2. The number of hydrogen-bond acceptors (Lipinski definition) is 5. The van der Waals surface area contributed by atoms with Crippen LogP contribution < -0.4 is 10.3 Å². The first-order chi connectivity index (χ1) is 12.0.